The summed E-state index contributed by atoms with van der Waals surface area (Å²) in [7, 11) is -3.58. The number of halogens is 1. The summed E-state index contributed by atoms with van der Waals surface area (Å²) in [4.78, 5) is 29.3. The molecule has 0 aliphatic rings. The largest absolute Gasteiger partial charge is 0.350 e. The Morgan fingerprint density at radius 2 is 1.57 bits per heavy atom. The highest BCUT2D eigenvalue weighted by Gasteiger charge is 2.32. The van der Waals surface area contributed by atoms with Gasteiger partial charge in [0.1, 0.15) is 6.04 Å². The minimum absolute atomic E-state index is 0.0848. The van der Waals surface area contributed by atoms with Crippen LogP contribution in [0.3, 0.4) is 0 Å². The molecule has 3 aromatic carbocycles. The summed E-state index contributed by atoms with van der Waals surface area (Å²) in [6.45, 7) is 9.93. The van der Waals surface area contributed by atoms with E-state index in [-0.39, 0.29) is 31.3 Å². The average molecular weight is 657 g/mol. The summed E-state index contributed by atoms with van der Waals surface area (Å²) in [5.41, 5.74) is 3.76. The zero-order valence-electron chi connectivity index (χ0n) is 25.4. The number of sulfonamides is 1. The average Bonchev–Trinajstić information content (AvgIpc) is 2.90. The lowest BCUT2D eigenvalue weighted by Crippen LogP contribution is -2.54. The van der Waals surface area contributed by atoms with Crippen LogP contribution in [-0.2, 0) is 32.6 Å². The standard InChI is InChI=1S/C33H42BrN3O4S/c1-24-14-15-25(2)29(21-24)37(42(6,40)41)20-10-13-31(38)36(23-27-16-18-28(34)19-17-27)30(32(39)35-33(3,4)5)22-26-11-8-7-9-12-26/h7-9,11-12,14-19,21,30H,10,13,20,22-23H2,1-6H3,(H,35,39)/t30-/m1/s1. The molecular weight excluding hydrogens is 614 g/mol. The Kier molecular flexibility index (Phi) is 11.4. The third kappa shape index (κ3) is 9.98. The van der Waals surface area contributed by atoms with E-state index in [9.17, 15) is 18.0 Å². The van der Waals surface area contributed by atoms with Crippen molar-refractivity contribution < 1.29 is 18.0 Å². The van der Waals surface area contributed by atoms with Crippen LogP contribution in [0.1, 0.15) is 55.9 Å². The molecule has 0 spiro atoms. The van der Waals surface area contributed by atoms with Crippen molar-refractivity contribution in [1.29, 1.82) is 0 Å². The summed E-state index contributed by atoms with van der Waals surface area (Å²) < 4.78 is 27.9. The van der Waals surface area contributed by atoms with Gasteiger partial charge in [0, 0.05) is 35.9 Å². The minimum Gasteiger partial charge on any atom is -0.350 e. The van der Waals surface area contributed by atoms with Crippen LogP contribution < -0.4 is 9.62 Å². The van der Waals surface area contributed by atoms with E-state index in [4.69, 9.17) is 0 Å². The second-order valence-corrected chi connectivity index (χ2v) is 14.6. The molecule has 9 heteroatoms. The monoisotopic (exact) mass is 655 g/mol. The smallest absolute Gasteiger partial charge is 0.243 e. The van der Waals surface area contributed by atoms with E-state index in [1.54, 1.807) is 4.90 Å². The van der Waals surface area contributed by atoms with E-state index >= 15 is 0 Å². The predicted octanol–water partition coefficient (Wildman–Crippen LogP) is 6.17. The fourth-order valence-corrected chi connectivity index (χ4v) is 6.04. The molecule has 0 aromatic heterocycles. The number of carbonyl (C=O) groups is 2. The van der Waals surface area contributed by atoms with E-state index in [0.29, 0.717) is 18.5 Å². The first-order valence-corrected chi connectivity index (χ1v) is 16.7. The maximum Gasteiger partial charge on any atom is 0.243 e. The quantitative estimate of drug-likeness (QED) is 0.253. The molecule has 0 bridgehead atoms. The van der Waals surface area contributed by atoms with Crippen LogP contribution in [0.5, 0.6) is 0 Å². The molecule has 2 amide bonds. The summed E-state index contributed by atoms with van der Waals surface area (Å²) in [6, 6.07) is 22.3. The first kappa shape index (κ1) is 33.3. The second kappa shape index (κ2) is 14.3. The van der Waals surface area contributed by atoms with E-state index < -0.39 is 21.6 Å². The van der Waals surface area contributed by atoms with Crippen LogP contribution in [0, 0.1) is 13.8 Å². The lowest BCUT2D eigenvalue weighted by atomic mass is 10.00. The highest BCUT2D eigenvalue weighted by Crippen LogP contribution is 2.25. The van der Waals surface area contributed by atoms with Crippen molar-refractivity contribution in [3.05, 3.63) is 99.5 Å². The van der Waals surface area contributed by atoms with Crippen LogP contribution >= 0.6 is 15.9 Å². The third-order valence-electron chi connectivity index (χ3n) is 6.82. The molecule has 1 N–H and O–H groups in total. The molecule has 0 fully saturated rings. The molecule has 0 radical (unpaired) electrons. The predicted molar refractivity (Wildman–Crippen MR) is 174 cm³/mol. The van der Waals surface area contributed by atoms with Gasteiger partial charge in [0.15, 0.2) is 0 Å². The number of amides is 2. The van der Waals surface area contributed by atoms with Crippen molar-refractivity contribution in [3.63, 3.8) is 0 Å². The van der Waals surface area contributed by atoms with Gasteiger partial charge in [-0.15, -0.1) is 0 Å². The lowest BCUT2D eigenvalue weighted by Gasteiger charge is -2.34. The lowest BCUT2D eigenvalue weighted by molar-refractivity contribution is -0.142. The van der Waals surface area contributed by atoms with E-state index in [2.05, 4.69) is 21.2 Å². The van der Waals surface area contributed by atoms with E-state index in [0.717, 1.165) is 26.7 Å². The maximum atomic E-state index is 14.0. The van der Waals surface area contributed by atoms with Gasteiger partial charge in [-0.05, 0) is 81.5 Å². The molecule has 0 aliphatic heterocycles. The van der Waals surface area contributed by atoms with Crippen molar-refractivity contribution in [2.75, 3.05) is 17.1 Å². The van der Waals surface area contributed by atoms with Gasteiger partial charge in [-0.3, -0.25) is 13.9 Å². The Morgan fingerprint density at radius 1 is 0.929 bits per heavy atom. The van der Waals surface area contributed by atoms with Crippen molar-refractivity contribution in [3.8, 4) is 0 Å². The first-order chi connectivity index (χ1) is 19.6. The van der Waals surface area contributed by atoms with Crippen molar-refractivity contribution in [1.82, 2.24) is 10.2 Å². The molecule has 226 valence electrons. The number of benzene rings is 3. The summed E-state index contributed by atoms with van der Waals surface area (Å²) in [5, 5.41) is 3.07. The molecule has 42 heavy (non-hydrogen) atoms. The Hall–Kier alpha value is -3.17. The minimum atomic E-state index is -3.58. The zero-order chi connectivity index (χ0) is 31.1. The van der Waals surface area contributed by atoms with E-state index in [1.165, 1.54) is 10.6 Å². The van der Waals surface area contributed by atoms with Crippen molar-refractivity contribution in [2.45, 2.75) is 72.0 Å². The highest BCUT2D eigenvalue weighted by molar-refractivity contribution is 9.10. The summed E-state index contributed by atoms with van der Waals surface area (Å²) >= 11 is 3.46. The molecule has 3 rings (SSSR count). The number of carbonyl (C=O) groups excluding carboxylic acids is 2. The van der Waals surface area contributed by atoms with Crippen LogP contribution in [0.25, 0.3) is 0 Å². The summed E-state index contributed by atoms with van der Waals surface area (Å²) in [6.07, 6.45) is 1.92. The molecule has 0 saturated heterocycles. The number of nitrogens with zero attached hydrogens (tertiary/aromatic N) is 2. The number of aryl methyl sites for hydroxylation is 2. The Labute approximate surface area is 259 Å². The van der Waals surface area contributed by atoms with Gasteiger partial charge >= 0.3 is 0 Å². The van der Waals surface area contributed by atoms with Crippen molar-refractivity contribution >= 4 is 43.5 Å². The highest BCUT2D eigenvalue weighted by atomic mass is 79.9. The topological polar surface area (TPSA) is 86.8 Å². The molecular formula is C33H42BrN3O4S. The van der Waals surface area contributed by atoms with Crippen LogP contribution in [0.2, 0.25) is 0 Å². The van der Waals surface area contributed by atoms with Gasteiger partial charge in [-0.1, -0.05) is 70.5 Å². The Balaban J connectivity index is 1.92. The van der Waals surface area contributed by atoms with Gasteiger partial charge in [-0.25, -0.2) is 8.42 Å². The van der Waals surface area contributed by atoms with Crippen LogP contribution in [-0.4, -0.2) is 49.5 Å². The van der Waals surface area contributed by atoms with Crippen LogP contribution in [0.4, 0.5) is 5.69 Å². The third-order valence-corrected chi connectivity index (χ3v) is 8.53. The fraction of sp³-hybridized carbons (Fsp3) is 0.394. The molecule has 0 aliphatic carbocycles. The van der Waals surface area contributed by atoms with E-state index in [1.807, 2.05) is 107 Å². The number of rotatable bonds is 12. The fourth-order valence-electron chi connectivity index (χ4n) is 4.76. The summed E-state index contributed by atoms with van der Waals surface area (Å²) in [5.74, 6) is -0.442. The number of anilines is 1. The molecule has 0 unspecified atom stereocenters. The molecule has 1 atom stereocenters. The zero-order valence-corrected chi connectivity index (χ0v) is 27.8. The molecule has 3 aromatic rings. The molecule has 0 saturated carbocycles. The van der Waals surface area contributed by atoms with Gasteiger partial charge in [0.25, 0.3) is 0 Å². The van der Waals surface area contributed by atoms with Gasteiger partial charge in [-0.2, -0.15) is 0 Å². The Morgan fingerprint density at radius 3 is 2.17 bits per heavy atom. The van der Waals surface area contributed by atoms with Crippen molar-refractivity contribution in [2.24, 2.45) is 0 Å². The van der Waals surface area contributed by atoms with Gasteiger partial charge in [0.2, 0.25) is 21.8 Å². The molecule has 0 heterocycles. The number of nitrogens with one attached hydrogen (secondary N) is 1. The first-order valence-electron chi connectivity index (χ1n) is 14.1. The van der Waals surface area contributed by atoms with Gasteiger partial charge in [0.05, 0.1) is 11.9 Å². The van der Waals surface area contributed by atoms with Gasteiger partial charge < -0.3 is 10.2 Å². The Bertz CT molecular complexity index is 1470. The maximum absolute atomic E-state index is 14.0. The number of hydrogen-bond acceptors (Lipinski definition) is 4. The number of hydrogen-bond donors (Lipinski definition) is 1. The SMILES string of the molecule is Cc1ccc(C)c(N(CCCC(=O)N(Cc2ccc(Br)cc2)[C@H](Cc2ccccc2)C(=O)NC(C)(C)C)S(C)(=O)=O)c1. The molecule has 7 nitrogen and oxygen atoms in total. The van der Waals surface area contributed by atoms with Crippen LogP contribution in [0.15, 0.2) is 77.3 Å². The second-order valence-electron chi connectivity index (χ2n) is 11.8. The normalized spacial score (nSPS) is 12.5.